The third kappa shape index (κ3) is 2.30. The number of nitrogens with zero attached hydrogens (tertiary/aromatic N) is 4. The van der Waals surface area contributed by atoms with Crippen molar-refractivity contribution in [3.63, 3.8) is 0 Å². The Labute approximate surface area is 91.0 Å². The van der Waals surface area contributed by atoms with Crippen LogP contribution in [0.15, 0.2) is 46.8 Å². The average molecular weight is 214 g/mol. The maximum atomic E-state index is 8.83. The molecule has 0 N–H and O–H groups in total. The molecule has 2 aromatic heterocycles. The van der Waals surface area contributed by atoms with Crippen LogP contribution in [0.3, 0.4) is 0 Å². The zero-order chi connectivity index (χ0) is 10.5. The van der Waals surface area contributed by atoms with Crippen LogP contribution in [0.1, 0.15) is 5.69 Å². The predicted octanol–water partition coefficient (Wildman–Crippen LogP) is 1.89. The van der Waals surface area contributed by atoms with Crippen LogP contribution in [0, 0.1) is 11.3 Å². The second-order valence-electron chi connectivity index (χ2n) is 2.60. The van der Waals surface area contributed by atoms with Crippen molar-refractivity contribution in [1.29, 1.82) is 5.26 Å². The van der Waals surface area contributed by atoms with E-state index in [2.05, 4.69) is 15.0 Å². The van der Waals surface area contributed by atoms with Gasteiger partial charge in [-0.1, -0.05) is 0 Å². The van der Waals surface area contributed by atoms with Crippen molar-refractivity contribution in [2.75, 3.05) is 0 Å². The molecule has 2 heterocycles. The summed E-state index contributed by atoms with van der Waals surface area (Å²) < 4.78 is 0. The molecule has 2 rings (SSSR count). The molecule has 0 saturated carbocycles. The summed E-state index contributed by atoms with van der Waals surface area (Å²) in [4.78, 5) is 12.9. The molecule has 0 aliphatic rings. The average Bonchev–Trinajstić information content (AvgIpc) is 2.31. The second kappa shape index (κ2) is 4.53. The van der Waals surface area contributed by atoms with Gasteiger partial charge in [0.1, 0.15) is 6.07 Å². The van der Waals surface area contributed by atoms with Gasteiger partial charge in [-0.25, -0.2) is 15.0 Å². The Bertz CT molecular complexity index is 492. The van der Waals surface area contributed by atoms with Gasteiger partial charge < -0.3 is 0 Å². The second-order valence-corrected chi connectivity index (χ2v) is 3.60. The highest BCUT2D eigenvalue weighted by Gasteiger charge is 2.05. The van der Waals surface area contributed by atoms with E-state index in [4.69, 9.17) is 5.26 Å². The van der Waals surface area contributed by atoms with Crippen molar-refractivity contribution in [2.45, 2.75) is 10.1 Å². The van der Waals surface area contributed by atoms with E-state index in [1.54, 1.807) is 30.7 Å². The van der Waals surface area contributed by atoms with Crippen LogP contribution < -0.4 is 0 Å². The summed E-state index contributed by atoms with van der Waals surface area (Å²) in [7, 11) is 0. The number of aromatic nitrogens is 3. The molecule has 0 spiro atoms. The third-order valence-electron chi connectivity index (χ3n) is 1.62. The summed E-state index contributed by atoms with van der Waals surface area (Å²) >= 11 is 1.33. The van der Waals surface area contributed by atoms with Gasteiger partial charge in [-0.3, -0.25) is 0 Å². The van der Waals surface area contributed by atoms with Gasteiger partial charge in [0, 0.05) is 18.6 Å². The molecule has 4 nitrogen and oxygen atoms in total. The Morgan fingerprint density at radius 2 is 1.80 bits per heavy atom. The maximum Gasteiger partial charge on any atom is 0.192 e. The van der Waals surface area contributed by atoms with Crippen molar-refractivity contribution in [1.82, 2.24) is 15.0 Å². The SMILES string of the molecule is N#Cc1ncccc1Sc1ncccn1. The summed E-state index contributed by atoms with van der Waals surface area (Å²) in [6.07, 6.45) is 4.92. The van der Waals surface area contributed by atoms with Crippen LogP contribution >= 0.6 is 11.8 Å². The zero-order valence-corrected chi connectivity index (χ0v) is 8.48. The first kappa shape index (κ1) is 9.62. The van der Waals surface area contributed by atoms with Crippen molar-refractivity contribution in [3.05, 3.63) is 42.5 Å². The number of hydrogen-bond acceptors (Lipinski definition) is 5. The molecular formula is C10H6N4S. The van der Waals surface area contributed by atoms with Crippen LogP contribution in [0.5, 0.6) is 0 Å². The van der Waals surface area contributed by atoms with Gasteiger partial charge in [0.25, 0.3) is 0 Å². The summed E-state index contributed by atoms with van der Waals surface area (Å²) in [6, 6.07) is 7.39. The van der Waals surface area contributed by atoms with Gasteiger partial charge in [-0.2, -0.15) is 5.26 Å². The van der Waals surface area contributed by atoms with Crippen LogP contribution in [0.4, 0.5) is 0 Å². The fourth-order valence-corrected chi connectivity index (χ4v) is 1.76. The molecule has 0 atom stereocenters. The van der Waals surface area contributed by atoms with Crippen LogP contribution in [0.2, 0.25) is 0 Å². The molecule has 0 aliphatic heterocycles. The molecule has 72 valence electrons. The topological polar surface area (TPSA) is 62.5 Å². The van der Waals surface area contributed by atoms with E-state index in [0.717, 1.165) is 4.90 Å². The Kier molecular flexibility index (Phi) is 2.90. The lowest BCUT2D eigenvalue weighted by Crippen LogP contribution is -1.88. The summed E-state index contributed by atoms with van der Waals surface area (Å²) in [5, 5.41) is 9.44. The van der Waals surface area contributed by atoms with E-state index in [9.17, 15) is 0 Å². The molecule has 0 fully saturated rings. The Morgan fingerprint density at radius 3 is 2.53 bits per heavy atom. The van der Waals surface area contributed by atoms with Crippen molar-refractivity contribution >= 4 is 11.8 Å². The van der Waals surface area contributed by atoms with Gasteiger partial charge in [-0.05, 0) is 30.0 Å². The zero-order valence-electron chi connectivity index (χ0n) is 7.66. The highest BCUT2D eigenvalue weighted by molar-refractivity contribution is 7.99. The van der Waals surface area contributed by atoms with Gasteiger partial charge in [-0.15, -0.1) is 0 Å². The Morgan fingerprint density at radius 1 is 1.07 bits per heavy atom. The molecule has 0 aliphatic carbocycles. The maximum absolute atomic E-state index is 8.83. The largest absolute Gasteiger partial charge is 0.244 e. The lowest BCUT2D eigenvalue weighted by atomic mass is 10.4. The van der Waals surface area contributed by atoms with E-state index in [0.29, 0.717) is 10.9 Å². The van der Waals surface area contributed by atoms with Gasteiger partial charge in [0.05, 0.1) is 4.90 Å². The minimum Gasteiger partial charge on any atom is -0.244 e. The van der Waals surface area contributed by atoms with Gasteiger partial charge in [0.15, 0.2) is 10.9 Å². The van der Waals surface area contributed by atoms with Crippen LogP contribution in [-0.2, 0) is 0 Å². The smallest absolute Gasteiger partial charge is 0.192 e. The lowest BCUT2D eigenvalue weighted by Gasteiger charge is -1.99. The van der Waals surface area contributed by atoms with Crippen LogP contribution in [-0.4, -0.2) is 15.0 Å². The van der Waals surface area contributed by atoms with Crippen LogP contribution in [0.25, 0.3) is 0 Å². The highest BCUT2D eigenvalue weighted by Crippen LogP contribution is 2.25. The molecule has 0 unspecified atom stereocenters. The molecule has 2 aromatic rings. The van der Waals surface area contributed by atoms with E-state index in [-0.39, 0.29) is 0 Å². The van der Waals surface area contributed by atoms with Crippen molar-refractivity contribution < 1.29 is 0 Å². The van der Waals surface area contributed by atoms with E-state index in [1.165, 1.54) is 11.8 Å². The molecule has 5 heteroatoms. The molecule has 0 bridgehead atoms. The van der Waals surface area contributed by atoms with E-state index >= 15 is 0 Å². The first-order valence-corrected chi connectivity index (χ1v) is 5.02. The number of rotatable bonds is 2. The van der Waals surface area contributed by atoms with E-state index < -0.39 is 0 Å². The summed E-state index contributed by atoms with van der Waals surface area (Å²) in [6.45, 7) is 0. The predicted molar refractivity (Wildman–Crippen MR) is 55.1 cm³/mol. The van der Waals surface area contributed by atoms with E-state index in [1.807, 2.05) is 12.1 Å². The lowest BCUT2D eigenvalue weighted by molar-refractivity contribution is 0.965. The monoisotopic (exact) mass is 214 g/mol. The Balaban J connectivity index is 2.29. The third-order valence-corrected chi connectivity index (χ3v) is 2.56. The highest BCUT2D eigenvalue weighted by atomic mass is 32.2. The molecule has 0 radical (unpaired) electrons. The quantitative estimate of drug-likeness (QED) is 0.714. The summed E-state index contributed by atoms with van der Waals surface area (Å²) in [5.74, 6) is 0. The minimum atomic E-state index is 0.398. The van der Waals surface area contributed by atoms with Gasteiger partial charge >= 0.3 is 0 Å². The molecule has 15 heavy (non-hydrogen) atoms. The van der Waals surface area contributed by atoms with Crippen molar-refractivity contribution in [2.24, 2.45) is 0 Å². The van der Waals surface area contributed by atoms with Crippen molar-refractivity contribution in [3.8, 4) is 6.07 Å². The fourth-order valence-electron chi connectivity index (χ4n) is 0.993. The number of nitriles is 1. The standard InChI is InChI=1S/C10H6N4S/c11-7-8-9(3-1-4-12-8)15-10-13-5-2-6-14-10/h1-6H. The molecule has 0 saturated heterocycles. The summed E-state index contributed by atoms with van der Waals surface area (Å²) in [5.41, 5.74) is 0.398. The fraction of sp³-hybridized carbons (Fsp3) is 0. The Hall–Kier alpha value is -1.93. The first-order valence-electron chi connectivity index (χ1n) is 4.20. The first-order chi connectivity index (χ1) is 7.40. The number of pyridine rings is 1. The molecular weight excluding hydrogens is 208 g/mol. The minimum absolute atomic E-state index is 0.398. The van der Waals surface area contributed by atoms with Gasteiger partial charge in [0.2, 0.25) is 0 Å². The molecule has 0 amide bonds. The normalized spacial score (nSPS) is 9.53. The number of hydrogen-bond donors (Lipinski definition) is 0. The molecule has 0 aromatic carbocycles.